The third-order valence-electron chi connectivity index (χ3n) is 3.29. The Labute approximate surface area is 167 Å². The largest absolute Gasteiger partial charge is 0.566 e. The van der Waals surface area contributed by atoms with E-state index in [1.807, 2.05) is 27.7 Å². The van der Waals surface area contributed by atoms with Crippen LogP contribution in [0.3, 0.4) is 0 Å². The molecular formula is C20H41N3O3Si. The van der Waals surface area contributed by atoms with Crippen molar-refractivity contribution in [2.75, 3.05) is 0 Å². The van der Waals surface area contributed by atoms with Crippen LogP contribution in [0.1, 0.15) is 69.2 Å². The summed E-state index contributed by atoms with van der Waals surface area (Å²) in [5, 5.41) is 0. The predicted octanol–water partition coefficient (Wildman–Crippen LogP) is 5.19. The van der Waals surface area contributed by atoms with E-state index in [0.29, 0.717) is 23.8 Å². The molecule has 3 N–H and O–H groups in total. The summed E-state index contributed by atoms with van der Waals surface area (Å²) in [6.07, 6.45) is 6.26. The fourth-order valence-corrected chi connectivity index (χ4v) is 3.86. The molecule has 0 atom stereocenters. The SMILES string of the molecule is CC[Si](ONC(C)=CC(C)C)(ONC(C)=CC(C)C)ONC(C)=CC(C)C. The van der Waals surface area contributed by atoms with Crippen LogP contribution in [-0.2, 0) is 13.6 Å². The molecule has 0 bridgehead atoms. The quantitative estimate of drug-likeness (QED) is 0.293. The van der Waals surface area contributed by atoms with Crippen molar-refractivity contribution in [3.8, 4) is 0 Å². The van der Waals surface area contributed by atoms with E-state index in [1.165, 1.54) is 0 Å². The highest BCUT2D eigenvalue weighted by atomic mass is 28.4. The molecule has 0 rings (SSSR count). The normalized spacial score (nSPS) is 16.1. The van der Waals surface area contributed by atoms with Gasteiger partial charge >= 0.3 is 8.80 Å². The molecule has 0 heterocycles. The monoisotopic (exact) mass is 399 g/mol. The van der Waals surface area contributed by atoms with Gasteiger partial charge in [-0.15, -0.1) is 0 Å². The summed E-state index contributed by atoms with van der Waals surface area (Å²) in [5.41, 5.74) is 11.7. The second kappa shape index (κ2) is 13.0. The summed E-state index contributed by atoms with van der Waals surface area (Å²) < 4.78 is 17.8. The van der Waals surface area contributed by atoms with Gasteiger partial charge in [0.15, 0.2) is 0 Å². The molecule has 0 spiro atoms. The van der Waals surface area contributed by atoms with Crippen molar-refractivity contribution < 1.29 is 13.6 Å². The minimum atomic E-state index is -3.07. The Morgan fingerprint density at radius 2 is 0.926 bits per heavy atom. The van der Waals surface area contributed by atoms with E-state index in [2.05, 4.69) is 76.2 Å². The predicted molar refractivity (Wildman–Crippen MR) is 115 cm³/mol. The summed E-state index contributed by atoms with van der Waals surface area (Å²) in [6.45, 7) is 20.6. The first-order valence-electron chi connectivity index (χ1n) is 9.87. The lowest BCUT2D eigenvalue weighted by Crippen LogP contribution is -2.54. The number of nitrogens with one attached hydrogen (secondary N) is 3. The number of allylic oxidation sites excluding steroid dienone is 6. The molecule has 0 aromatic heterocycles. The van der Waals surface area contributed by atoms with Gasteiger partial charge in [0.1, 0.15) is 0 Å². The van der Waals surface area contributed by atoms with Gasteiger partial charge in [0, 0.05) is 23.1 Å². The van der Waals surface area contributed by atoms with Gasteiger partial charge in [-0.25, -0.2) is 0 Å². The van der Waals surface area contributed by atoms with Crippen molar-refractivity contribution in [2.45, 2.75) is 75.3 Å². The maximum atomic E-state index is 5.95. The molecule has 0 aromatic rings. The Hall–Kier alpha value is -1.28. The zero-order valence-corrected chi connectivity index (χ0v) is 19.9. The third-order valence-corrected chi connectivity index (χ3v) is 5.39. The van der Waals surface area contributed by atoms with Gasteiger partial charge in [-0.3, -0.25) is 30.0 Å². The van der Waals surface area contributed by atoms with E-state index >= 15 is 0 Å². The zero-order valence-electron chi connectivity index (χ0n) is 18.9. The molecule has 0 aliphatic carbocycles. The van der Waals surface area contributed by atoms with Gasteiger partial charge in [-0.2, -0.15) is 0 Å². The Kier molecular flexibility index (Phi) is 12.4. The average molecular weight is 400 g/mol. The smallest absolute Gasteiger partial charge is 0.278 e. The van der Waals surface area contributed by atoms with Crippen molar-refractivity contribution in [3.05, 3.63) is 35.3 Å². The van der Waals surface area contributed by atoms with E-state index in [4.69, 9.17) is 13.6 Å². The van der Waals surface area contributed by atoms with Crippen LogP contribution in [0.25, 0.3) is 0 Å². The number of hydrogen-bond donors (Lipinski definition) is 3. The lowest BCUT2D eigenvalue weighted by Gasteiger charge is -2.29. The van der Waals surface area contributed by atoms with Crippen LogP contribution in [0.2, 0.25) is 6.04 Å². The molecule has 7 heteroatoms. The average Bonchev–Trinajstić information content (AvgIpc) is 2.52. The topological polar surface area (TPSA) is 63.8 Å². The first-order valence-corrected chi connectivity index (χ1v) is 11.8. The summed E-state index contributed by atoms with van der Waals surface area (Å²) in [4.78, 5) is 0. The second-order valence-corrected chi connectivity index (χ2v) is 10.6. The molecule has 0 saturated heterocycles. The van der Waals surface area contributed by atoms with Gasteiger partial charge < -0.3 is 0 Å². The molecule has 0 saturated carbocycles. The number of hydroxylamine groups is 3. The highest BCUT2D eigenvalue weighted by molar-refractivity contribution is 6.60. The zero-order chi connectivity index (χ0) is 21.0. The van der Waals surface area contributed by atoms with E-state index in [0.717, 1.165) is 17.1 Å². The minimum Gasteiger partial charge on any atom is -0.278 e. The van der Waals surface area contributed by atoms with Crippen molar-refractivity contribution >= 4 is 8.80 Å². The lowest BCUT2D eigenvalue weighted by atomic mass is 10.2. The number of hydrogen-bond acceptors (Lipinski definition) is 6. The van der Waals surface area contributed by atoms with E-state index < -0.39 is 8.80 Å². The van der Waals surface area contributed by atoms with Crippen molar-refractivity contribution in [2.24, 2.45) is 17.8 Å². The van der Waals surface area contributed by atoms with Crippen LogP contribution in [0, 0.1) is 17.8 Å². The lowest BCUT2D eigenvalue weighted by molar-refractivity contribution is -0.0158. The van der Waals surface area contributed by atoms with Gasteiger partial charge in [0.2, 0.25) is 0 Å². The molecule has 158 valence electrons. The van der Waals surface area contributed by atoms with E-state index in [9.17, 15) is 0 Å². The summed E-state index contributed by atoms with van der Waals surface area (Å²) in [6, 6.07) is 0.582. The molecule has 0 unspecified atom stereocenters. The molecule has 0 aliphatic heterocycles. The van der Waals surface area contributed by atoms with Crippen molar-refractivity contribution in [1.29, 1.82) is 0 Å². The van der Waals surface area contributed by atoms with Gasteiger partial charge in [0.25, 0.3) is 0 Å². The van der Waals surface area contributed by atoms with Gasteiger partial charge in [-0.05, 0) is 38.5 Å². The Balaban J connectivity index is 5.23. The van der Waals surface area contributed by atoms with Crippen LogP contribution >= 0.6 is 0 Å². The minimum absolute atomic E-state index is 0.421. The maximum Gasteiger partial charge on any atom is 0.566 e. The highest BCUT2D eigenvalue weighted by Gasteiger charge is 2.43. The van der Waals surface area contributed by atoms with E-state index in [-0.39, 0.29) is 0 Å². The van der Waals surface area contributed by atoms with Gasteiger partial charge in [-0.1, -0.05) is 66.7 Å². The third kappa shape index (κ3) is 12.7. The van der Waals surface area contributed by atoms with Crippen molar-refractivity contribution in [1.82, 2.24) is 16.4 Å². The van der Waals surface area contributed by atoms with Crippen molar-refractivity contribution in [3.63, 3.8) is 0 Å². The molecule has 0 amide bonds. The van der Waals surface area contributed by atoms with Crippen LogP contribution in [0.15, 0.2) is 35.3 Å². The molecule has 0 aromatic carbocycles. The Bertz CT molecular complexity index is 445. The molecular weight excluding hydrogens is 358 g/mol. The molecule has 0 fully saturated rings. The highest BCUT2D eigenvalue weighted by Crippen LogP contribution is 2.15. The first-order chi connectivity index (χ1) is 12.5. The number of rotatable bonds is 13. The standard InChI is InChI=1S/C20H41N3O3Si/c1-11-27(24-21-18(8)12-15(2)3,25-22-19(9)13-16(4)5)26-23-20(10)14-17(6)7/h12-17,21-23H,11H2,1-10H3. The molecule has 0 aliphatic rings. The Morgan fingerprint density at radius 3 is 1.11 bits per heavy atom. The van der Waals surface area contributed by atoms with Gasteiger partial charge in [0.05, 0.1) is 0 Å². The van der Waals surface area contributed by atoms with Crippen LogP contribution in [0.4, 0.5) is 0 Å². The molecule has 27 heavy (non-hydrogen) atoms. The van der Waals surface area contributed by atoms with E-state index in [1.54, 1.807) is 0 Å². The van der Waals surface area contributed by atoms with Crippen LogP contribution < -0.4 is 16.4 Å². The summed E-state index contributed by atoms with van der Waals surface area (Å²) >= 11 is 0. The first kappa shape index (κ1) is 25.7. The van der Waals surface area contributed by atoms with Crippen LogP contribution in [0.5, 0.6) is 0 Å². The fraction of sp³-hybridized carbons (Fsp3) is 0.700. The maximum absolute atomic E-state index is 5.95. The summed E-state index contributed by atoms with van der Waals surface area (Å²) in [5.74, 6) is 1.26. The second-order valence-electron chi connectivity index (χ2n) is 7.93. The molecule has 6 nitrogen and oxygen atoms in total. The summed E-state index contributed by atoms with van der Waals surface area (Å²) in [7, 11) is -3.07. The fourth-order valence-electron chi connectivity index (χ4n) is 2.36. The van der Waals surface area contributed by atoms with Crippen LogP contribution in [-0.4, -0.2) is 8.80 Å². The molecule has 0 radical (unpaired) electrons. The Morgan fingerprint density at radius 1 is 0.667 bits per heavy atom.